The minimum absolute atomic E-state index is 0.00912. The zero-order valence-corrected chi connectivity index (χ0v) is 37.8. The molecule has 0 saturated carbocycles. The number of nitrogens with zero attached hydrogens (tertiary/aromatic N) is 3. The Morgan fingerprint density at radius 3 is 1.58 bits per heavy atom. The summed E-state index contributed by atoms with van der Waals surface area (Å²) in [5.41, 5.74) is 2.92. The molecule has 1 heterocycles. The summed E-state index contributed by atoms with van der Waals surface area (Å²) < 4.78 is 65.7. The second kappa shape index (κ2) is 21.8. The van der Waals surface area contributed by atoms with Gasteiger partial charge in [-0.25, -0.2) is 27.1 Å². The average molecular weight is 969 g/mol. The summed E-state index contributed by atoms with van der Waals surface area (Å²) in [4.78, 5) is 26.4. The zero-order valence-electron chi connectivity index (χ0n) is 34.6. The van der Waals surface area contributed by atoms with Crippen LogP contribution in [0.5, 0.6) is 23.0 Å². The smallest absolute Gasteiger partial charge is 0.241 e. The molecule has 1 fully saturated rings. The molecule has 1 aliphatic rings. The van der Waals surface area contributed by atoms with Crippen molar-refractivity contribution in [1.82, 2.24) is 0 Å². The summed E-state index contributed by atoms with van der Waals surface area (Å²) in [6, 6.07) is 37.3. The fourth-order valence-electron chi connectivity index (χ4n) is 6.42. The second-order valence-corrected chi connectivity index (χ2v) is 18.2. The molecule has 1 saturated heterocycles. The quantitative estimate of drug-likeness (QED) is 0.0877. The van der Waals surface area contributed by atoms with Crippen LogP contribution in [0, 0.1) is 22.7 Å². The minimum Gasteiger partial charge on any atom is -0.456 e. The number of halogens is 2. The molecule has 0 radical (unpaired) electrons. The summed E-state index contributed by atoms with van der Waals surface area (Å²) in [6.45, 7) is 2.80. The van der Waals surface area contributed by atoms with Crippen LogP contribution in [-0.2, 0) is 47.2 Å². The van der Waals surface area contributed by atoms with Gasteiger partial charge in [0.1, 0.15) is 44.9 Å². The Bertz CT molecular complexity index is 3100. The van der Waals surface area contributed by atoms with Crippen molar-refractivity contribution in [1.29, 1.82) is 10.5 Å². The molecule has 0 unspecified atom stereocenters. The molecule has 6 aromatic rings. The van der Waals surface area contributed by atoms with Crippen molar-refractivity contribution in [2.45, 2.75) is 22.6 Å². The van der Waals surface area contributed by atoms with Crippen LogP contribution in [0.25, 0.3) is 0 Å². The first kappa shape index (κ1) is 48.5. The van der Waals surface area contributed by atoms with Crippen molar-refractivity contribution >= 4 is 72.1 Å². The van der Waals surface area contributed by atoms with Crippen LogP contribution in [0.15, 0.2) is 137 Å². The summed E-state index contributed by atoms with van der Waals surface area (Å²) >= 11 is 12.2. The third-order valence-electron chi connectivity index (χ3n) is 9.57. The molecule has 0 aliphatic carbocycles. The maximum Gasteiger partial charge on any atom is 0.241 e. The monoisotopic (exact) mass is 967 g/mol. The number of anilines is 3. The number of benzene rings is 6. The predicted octanol–water partition coefficient (Wildman–Crippen LogP) is 7.50. The number of carbonyl (C=O) groups is 2. The first-order valence-corrected chi connectivity index (χ1v) is 23.5. The fourth-order valence-corrected chi connectivity index (χ4v) is 8.19. The zero-order chi connectivity index (χ0) is 47.4. The second-order valence-electron chi connectivity index (χ2n) is 14.3. The molecule has 0 bridgehead atoms. The summed E-state index contributed by atoms with van der Waals surface area (Å²) in [5, 5.41) is 35.1. The lowest BCUT2D eigenvalue weighted by atomic mass is 10.1. The maximum absolute atomic E-state index is 12.5. The SMILES string of the molecule is N#Cc1ccc(Oc2ccc(NC(=O)Cc3ccccc3Cl)cc2S(N)(=O)=O)cc1C#N.NS(=O)(=O)c1cc(NC(=O)Cc2ccccc2Cl)ccc1Oc1cccc(N2CCOCC2)c1. The van der Waals surface area contributed by atoms with Crippen molar-refractivity contribution in [2.75, 3.05) is 41.8 Å². The fraction of sp³-hybridized carbons (Fsp3) is 0.130. The highest BCUT2D eigenvalue weighted by molar-refractivity contribution is 7.89. The lowest BCUT2D eigenvalue weighted by Crippen LogP contribution is -2.36. The van der Waals surface area contributed by atoms with Gasteiger partial charge in [-0.2, -0.15) is 10.5 Å². The lowest BCUT2D eigenvalue weighted by molar-refractivity contribution is -0.116. The van der Waals surface area contributed by atoms with Gasteiger partial charge in [0, 0.05) is 46.3 Å². The summed E-state index contributed by atoms with van der Waals surface area (Å²) in [6.07, 6.45) is 0.0295. The molecule has 0 spiro atoms. The third-order valence-corrected chi connectivity index (χ3v) is 12.2. The van der Waals surface area contributed by atoms with Gasteiger partial charge in [-0.15, -0.1) is 0 Å². The highest BCUT2D eigenvalue weighted by Crippen LogP contribution is 2.34. The number of primary sulfonamides is 2. The molecule has 16 nitrogen and oxygen atoms in total. The van der Waals surface area contributed by atoms with E-state index in [1.807, 2.05) is 30.3 Å². The lowest BCUT2D eigenvalue weighted by Gasteiger charge is -2.29. The Morgan fingerprint density at radius 2 is 1.11 bits per heavy atom. The Labute approximate surface area is 390 Å². The molecule has 6 aromatic carbocycles. The normalized spacial score (nSPS) is 12.4. The van der Waals surface area contributed by atoms with Gasteiger partial charge in [-0.3, -0.25) is 9.59 Å². The number of nitrogens with two attached hydrogens (primary N) is 2. The molecule has 6 N–H and O–H groups in total. The van der Waals surface area contributed by atoms with E-state index in [-0.39, 0.29) is 68.3 Å². The van der Waals surface area contributed by atoms with Crippen LogP contribution < -0.4 is 35.3 Å². The Kier molecular flexibility index (Phi) is 16.0. The van der Waals surface area contributed by atoms with E-state index in [1.54, 1.807) is 60.7 Å². The van der Waals surface area contributed by atoms with Gasteiger partial charge in [0.05, 0.1) is 37.2 Å². The van der Waals surface area contributed by atoms with E-state index in [4.69, 9.17) is 58.2 Å². The number of sulfonamides is 2. The molecule has 7 rings (SSSR count). The molecule has 2 amide bonds. The van der Waals surface area contributed by atoms with Gasteiger partial charge in [-0.1, -0.05) is 65.7 Å². The van der Waals surface area contributed by atoms with E-state index < -0.39 is 26.0 Å². The number of hydrogen-bond acceptors (Lipinski definition) is 12. The van der Waals surface area contributed by atoms with Gasteiger partial charge in [0.2, 0.25) is 31.9 Å². The van der Waals surface area contributed by atoms with Crippen LogP contribution in [0.2, 0.25) is 10.0 Å². The Morgan fingerprint density at radius 1 is 0.621 bits per heavy atom. The molecule has 338 valence electrons. The minimum atomic E-state index is -4.22. The number of nitriles is 2. The first-order valence-electron chi connectivity index (χ1n) is 19.6. The van der Waals surface area contributed by atoms with Crippen molar-refractivity contribution in [3.05, 3.63) is 160 Å². The van der Waals surface area contributed by atoms with Gasteiger partial charge in [0.15, 0.2) is 0 Å². The number of nitrogens with one attached hydrogen (secondary N) is 2. The molecule has 0 atom stereocenters. The van der Waals surface area contributed by atoms with Crippen LogP contribution >= 0.6 is 23.2 Å². The van der Waals surface area contributed by atoms with Crippen LogP contribution in [0.3, 0.4) is 0 Å². The van der Waals surface area contributed by atoms with Gasteiger partial charge < -0.3 is 29.7 Å². The molecular weight excluding hydrogens is 930 g/mol. The highest BCUT2D eigenvalue weighted by Gasteiger charge is 2.21. The van der Waals surface area contributed by atoms with E-state index in [1.165, 1.54) is 48.5 Å². The Hall–Kier alpha value is -7.00. The van der Waals surface area contributed by atoms with E-state index in [0.717, 1.165) is 18.8 Å². The molecule has 66 heavy (non-hydrogen) atoms. The summed E-state index contributed by atoms with van der Waals surface area (Å²) in [7, 11) is -8.35. The standard InChI is InChI=1S/C24H24ClN3O5S.C22H15ClN4O4S/c25-21-7-2-1-4-17(21)14-24(29)27-18-8-9-22(23(15-18)34(26,30)31)33-20-6-3-5-19(16-20)28-10-12-32-13-11-28;23-19-4-2-1-3-14(19)10-22(28)27-17-6-8-20(21(11-17)32(26,29)30)31-18-7-5-15(12-24)16(9-18)13-25/h1-9,15-16H,10-14H2,(H,27,29)(H2,26,30,31);1-9,11H,10H2,(H,27,28)(H2,26,29,30). The molecule has 0 aromatic heterocycles. The van der Waals surface area contributed by atoms with Crippen LogP contribution in [-0.4, -0.2) is 55.0 Å². The van der Waals surface area contributed by atoms with Crippen LogP contribution in [0.4, 0.5) is 17.1 Å². The number of hydrogen-bond donors (Lipinski definition) is 4. The molecular formula is C46H39Cl2N7O9S2. The van der Waals surface area contributed by atoms with E-state index in [0.29, 0.717) is 40.1 Å². The summed E-state index contributed by atoms with van der Waals surface area (Å²) in [5.74, 6) is -0.195. The van der Waals surface area contributed by atoms with E-state index in [2.05, 4.69) is 15.5 Å². The number of amides is 2. The van der Waals surface area contributed by atoms with Gasteiger partial charge in [0.25, 0.3) is 0 Å². The van der Waals surface area contributed by atoms with Crippen molar-refractivity contribution in [2.24, 2.45) is 10.3 Å². The van der Waals surface area contributed by atoms with Gasteiger partial charge in [-0.05, 0) is 90.0 Å². The van der Waals surface area contributed by atoms with E-state index >= 15 is 0 Å². The maximum atomic E-state index is 12.5. The largest absolute Gasteiger partial charge is 0.456 e. The Balaban J connectivity index is 0.000000219. The topological polar surface area (TPSA) is 257 Å². The van der Waals surface area contributed by atoms with Crippen molar-refractivity contribution in [3.8, 4) is 35.1 Å². The predicted molar refractivity (Wildman–Crippen MR) is 249 cm³/mol. The molecule has 1 aliphatic heterocycles. The number of morpholine rings is 1. The number of carbonyl (C=O) groups excluding carboxylic acids is 2. The third kappa shape index (κ3) is 13.3. The van der Waals surface area contributed by atoms with Crippen molar-refractivity contribution < 1.29 is 40.6 Å². The van der Waals surface area contributed by atoms with Gasteiger partial charge >= 0.3 is 0 Å². The van der Waals surface area contributed by atoms with Crippen LogP contribution in [0.1, 0.15) is 22.3 Å². The first-order chi connectivity index (χ1) is 31.5. The number of ether oxygens (including phenoxy) is 3. The van der Waals surface area contributed by atoms with E-state index in [9.17, 15) is 26.4 Å². The number of rotatable bonds is 13. The average Bonchev–Trinajstić information content (AvgIpc) is 3.29. The van der Waals surface area contributed by atoms with Crippen molar-refractivity contribution in [3.63, 3.8) is 0 Å². The highest BCUT2D eigenvalue weighted by atomic mass is 35.5. The molecule has 20 heteroatoms.